The molecule has 6 heavy (non-hydrogen) atoms. The molecule has 0 aliphatic rings. The fourth-order valence-corrected chi connectivity index (χ4v) is 0. The van der Waals surface area contributed by atoms with Gasteiger partial charge in [0.05, 0.1) is 0 Å². The molecule has 0 nitrogen and oxygen atoms in total. The quantitative estimate of drug-likeness (QED) is 0.538. The van der Waals surface area contributed by atoms with E-state index in [4.69, 9.17) is 0 Å². The average Bonchev–Trinajstić information content (AvgIpc) is 1.35. The van der Waals surface area contributed by atoms with Gasteiger partial charge in [-0.1, -0.05) is 0 Å². The predicted molar refractivity (Wildman–Crippen MR) is 28.2 cm³/mol. The molecule has 0 aromatic heterocycles. The zero-order valence-corrected chi connectivity index (χ0v) is 8.17. The van der Waals surface area contributed by atoms with Gasteiger partial charge in [-0.2, -0.15) is 0 Å². The van der Waals surface area contributed by atoms with Gasteiger partial charge in [0.25, 0.3) is 0 Å². The Bertz CT molecular complexity index is 37.3. The summed E-state index contributed by atoms with van der Waals surface area (Å²) in [7, 11) is -0.591. The van der Waals surface area contributed by atoms with Gasteiger partial charge in [-0.05, 0) is 0 Å². The molecule has 0 aromatic rings. The first-order valence-corrected chi connectivity index (χ1v) is 7.65. The van der Waals surface area contributed by atoms with Gasteiger partial charge in [-0.25, -0.2) is 0 Å². The van der Waals surface area contributed by atoms with Crippen molar-refractivity contribution in [2.75, 3.05) is 0 Å². The summed E-state index contributed by atoms with van der Waals surface area (Å²) in [6, 6.07) is 0. The molecule has 0 heterocycles. The third-order valence-electron chi connectivity index (χ3n) is 0.530. The van der Waals surface area contributed by atoms with E-state index in [1.54, 1.807) is 24.7 Å². The molecule has 2 heteroatoms. The first kappa shape index (κ1) is 7.10. The van der Waals surface area contributed by atoms with Crippen LogP contribution in [0.25, 0.3) is 0 Å². The second-order valence-corrected chi connectivity index (χ2v) is 10.8. The van der Waals surface area contributed by atoms with Crippen LogP contribution < -0.4 is 0 Å². The van der Waals surface area contributed by atoms with E-state index in [1.807, 2.05) is 0 Å². The maximum absolute atomic E-state index is 2.40. The van der Waals surface area contributed by atoms with Gasteiger partial charge >= 0.3 is 56.2 Å². The summed E-state index contributed by atoms with van der Waals surface area (Å²) < 4.78 is 1.50. The fraction of sp³-hybridized carbons (Fsp3) is 1.00. The summed E-state index contributed by atoms with van der Waals surface area (Å²) in [4.78, 5) is 0. The topological polar surface area (TPSA) is 0 Å². The number of hydrogen-bond donors (Lipinski definition) is 0. The molecule has 35 valence electrons. The molecule has 0 bridgehead atoms. The van der Waals surface area contributed by atoms with Crippen molar-refractivity contribution in [1.82, 2.24) is 0 Å². The molecule has 0 atom stereocenters. The summed E-state index contributed by atoms with van der Waals surface area (Å²) in [5, 5.41) is 0. The van der Waals surface area contributed by atoms with Crippen LogP contribution in [-0.2, 0) is 24.7 Å². The van der Waals surface area contributed by atoms with Gasteiger partial charge in [0.1, 0.15) is 0 Å². The van der Waals surface area contributed by atoms with Crippen molar-refractivity contribution in [1.29, 1.82) is 0 Å². The van der Waals surface area contributed by atoms with Crippen LogP contribution in [0.2, 0.25) is 23.4 Å². The second kappa shape index (κ2) is 2.42. The Morgan fingerprint density at radius 2 is 1.50 bits per heavy atom. The Labute approximate surface area is 56.2 Å². The van der Waals surface area contributed by atoms with Gasteiger partial charge in [0.15, 0.2) is 0 Å². The van der Waals surface area contributed by atoms with Crippen molar-refractivity contribution >= 4 is 8.07 Å². The van der Waals surface area contributed by atoms with Crippen LogP contribution in [0.4, 0.5) is 0 Å². The Morgan fingerprint density at radius 1 is 1.33 bits per heavy atom. The van der Waals surface area contributed by atoms with E-state index < -0.39 is 8.07 Å². The first-order valence-electron chi connectivity index (χ1n) is 2.21. The van der Waals surface area contributed by atoms with Crippen molar-refractivity contribution in [2.45, 2.75) is 23.4 Å². The van der Waals surface area contributed by atoms with Crippen molar-refractivity contribution in [2.24, 2.45) is 0 Å². The average molecular weight is 178 g/mol. The van der Waals surface area contributed by atoms with Gasteiger partial charge in [0, 0.05) is 0 Å². The molecule has 0 saturated carbocycles. The molecule has 0 aliphatic heterocycles. The molecule has 0 radical (unpaired) electrons. The Hall–Kier alpha value is 1.10. The first-order chi connectivity index (χ1) is 2.56. The van der Waals surface area contributed by atoms with Gasteiger partial charge in [-0.3, -0.25) is 0 Å². The Morgan fingerprint density at radius 3 is 1.50 bits per heavy atom. The van der Waals surface area contributed by atoms with Crippen LogP contribution in [0.15, 0.2) is 0 Å². The van der Waals surface area contributed by atoms with E-state index in [9.17, 15) is 0 Å². The minimum absolute atomic E-state index is 0.591. The van der Waals surface area contributed by atoms with Crippen molar-refractivity contribution < 1.29 is 24.7 Å². The van der Waals surface area contributed by atoms with E-state index in [0.29, 0.717) is 0 Å². The van der Waals surface area contributed by atoms with E-state index in [2.05, 4.69) is 19.6 Å². The maximum atomic E-state index is 2.40. The van der Waals surface area contributed by atoms with E-state index in [-0.39, 0.29) is 0 Å². The molecule has 0 aliphatic carbocycles. The van der Waals surface area contributed by atoms with E-state index in [1.165, 1.54) is 3.75 Å². The van der Waals surface area contributed by atoms with Gasteiger partial charge < -0.3 is 0 Å². The normalized spacial score (nSPS) is 11.7. The Balaban J connectivity index is 3.17. The molecule has 0 unspecified atom stereocenters. The van der Waals surface area contributed by atoms with Crippen LogP contribution in [0, 0.1) is 0 Å². The molecular weight excluding hydrogens is 167 g/mol. The van der Waals surface area contributed by atoms with Crippen molar-refractivity contribution in [3.8, 4) is 0 Å². The van der Waals surface area contributed by atoms with Gasteiger partial charge in [-0.15, -0.1) is 0 Å². The van der Waals surface area contributed by atoms with E-state index in [0.717, 1.165) is 0 Å². The third-order valence-corrected chi connectivity index (χ3v) is 9.41. The van der Waals surface area contributed by atoms with Crippen LogP contribution >= 0.6 is 0 Å². The minimum atomic E-state index is -0.591. The zero-order valence-electron chi connectivity index (χ0n) is 4.71. The zero-order chi connectivity index (χ0) is 5.21. The van der Waals surface area contributed by atoms with Crippen molar-refractivity contribution in [3.63, 3.8) is 0 Å². The molecule has 0 fully saturated rings. The molecule has 0 amide bonds. The summed E-state index contributed by atoms with van der Waals surface area (Å²) in [6.45, 7) is 7.21. The predicted octanol–water partition coefficient (Wildman–Crippen LogP) is 1.83. The van der Waals surface area contributed by atoms with Crippen LogP contribution in [-0.4, -0.2) is 8.07 Å². The van der Waals surface area contributed by atoms with Crippen molar-refractivity contribution in [3.05, 3.63) is 0 Å². The summed E-state index contributed by atoms with van der Waals surface area (Å²) in [5.41, 5.74) is 0. The van der Waals surface area contributed by atoms with Crippen LogP contribution in [0.5, 0.6) is 0 Å². The number of rotatable bonds is 1. The molecule has 0 saturated heterocycles. The molecule has 0 spiro atoms. The third kappa shape index (κ3) is 5.10. The molecule has 0 aromatic carbocycles. The van der Waals surface area contributed by atoms with E-state index >= 15 is 0 Å². The SMILES string of the molecule is C[Si](C)(C)[CH2][Zr]. The summed E-state index contributed by atoms with van der Waals surface area (Å²) in [5.74, 6) is 0. The monoisotopic (exact) mass is 177 g/mol. The van der Waals surface area contributed by atoms with Gasteiger partial charge in [0.2, 0.25) is 0 Å². The summed E-state index contributed by atoms with van der Waals surface area (Å²) in [6.07, 6.45) is 0. The Kier molecular flexibility index (Phi) is 2.86. The van der Waals surface area contributed by atoms with Crippen LogP contribution in [0.3, 0.4) is 0 Å². The molecule has 0 rings (SSSR count). The summed E-state index contributed by atoms with van der Waals surface area (Å²) >= 11 is 1.71. The van der Waals surface area contributed by atoms with Crippen LogP contribution in [0.1, 0.15) is 0 Å². The second-order valence-electron chi connectivity index (χ2n) is 2.74. The molecule has 0 N–H and O–H groups in total. The fourth-order valence-electron chi connectivity index (χ4n) is 0. The standard InChI is InChI=1S/C4H11Si.Zr/c1-5(2,3)4;/h1H2,2-4H3;. The molecular formula is C4H11SiZr. The number of hydrogen-bond acceptors (Lipinski definition) is 0.